The van der Waals surface area contributed by atoms with Crippen LogP contribution in [0.3, 0.4) is 0 Å². The van der Waals surface area contributed by atoms with Gasteiger partial charge in [-0.25, -0.2) is 4.39 Å². The molecule has 2 rings (SSSR count). The third-order valence-corrected chi connectivity index (χ3v) is 4.03. The van der Waals surface area contributed by atoms with Crippen LogP contribution < -0.4 is 5.32 Å². The van der Waals surface area contributed by atoms with E-state index in [-0.39, 0.29) is 17.8 Å². The highest BCUT2D eigenvalue weighted by atomic mass is 127. The summed E-state index contributed by atoms with van der Waals surface area (Å²) in [4.78, 5) is 12.1. The van der Waals surface area contributed by atoms with Crippen LogP contribution in [-0.4, -0.2) is 25.2 Å². The summed E-state index contributed by atoms with van der Waals surface area (Å²) in [5, 5.41) is 3.00. The molecule has 0 radical (unpaired) electrons. The van der Waals surface area contributed by atoms with Crippen molar-refractivity contribution < 1.29 is 13.9 Å². The molecule has 1 fully saturated rings. The van der Waals surface area contributed by atoms with Crippen LogP contribution in [0.4, 0.5) is 4.39 Å². The van der Waals surface area contributed by atoms with Crippen LogP contribution >= 0.6 is 22.6 Å². The van der Waals surface area contributed by atoms with Gasteiger partial charge in [0.05, 0.1) is 12.2 Å². The molecule has 0 bridgehead atoms. The molecule has 2 unspecified atom stereocenters. The molecule has 1 aromatic rings. The largest absolute Gasteiger partial charge is 0.381 e. The van der Waals surface area contributed by atoms with Gasteiger partial charge in [0.15, 0.2) is 0 Å². The van der Waals surface area contributed by atoms with Gasteiger partial charge in [-0.05, 0) is 53.1 Å². The van der Waals surface area contributed by atoms with Crippen LogP contribution in [-0.2, 0) is 4.74 Å². The molecule has 1 saturated heterocycles. The summed E-state index contributed by atoms with van der Waals surface area (Å²) >= 11 is 1.98. The van der Waals surface area contributed by atoms with Crippen molar-refractivity contribution in [2.45, 2.75) is 19.4 Å². The third-order valence-electron chi connectivity index (χ3n) is 3.13. The predicted molar refractivity (Wildman–Crippen MR) is 75.0 cm³/mol. The first-order valence-electron chi connectivity index (χ1n) is 5.91. The van der Waals surface area contributed by atoms with Crippen LogP contribution in [0.15, 0.2) is 18.2 Å². The predicted octanol–water partition coefficient (Wildman–Crippen LogP) is 2.59. The average molecular weight is 363 g/mol. The molecule has 98 valence electrons. The summed E-state index contributed by atoms with van der Waals surface area (Å²) in [7, 11) is 0. The minimum Gasteiger partial charge on any atom is -0.381 e. The standard InChI is InChI=1S/C13H15FINO2/c1-8-7-18-5-4-12(8)16-13(17)10-3-2-9(14)6-11(10)15/h2-3,6,8,12H,4-5,7H2,1H3,(H,16,17). The number of hydrogen-bond donors (Lipinski definition) is 1. The molecule has 1 aliphatic heterocycles. The van der Waals surface area contributed by atoms with E-state index in [1.54, 1.807) is 0 Å². The highest BCUT2D eigenvalue weighted by Crippen LogP contribution is 2.17. The zero-order chi connectivity index (χ0) is 13.1. The molecular formula is C13H15FINO2. The van der Waals surface area contributed by atoms with Gasteiger partial charge in [-0.3, -0.25) is 4.79 Å². The van der Waals surface area contributed by atoms with Gasteiger partial charge in [-0.1, -0.05) is 6.92 Å². The first-order valence-corrected chi connectivity index (χ1v) is 6.99. The van der Waals surface area contributed by atoms with Crippen molar-refractivity contribution in [3.8, 4) is 0 Å². The van der Waals surface area contributed by atoms with E-state index in [9.17, 15) is 9.18 Å². The molecule has 0 aliphatic carbocycles. The van der Waals surface area contributed by atoms with E-state index in [2.05, 4.69) is 12.2 Å². The van der Waals surface area contributed by atoms with Crippen molar-refractivity contribution in [2.75, 3.05) is 13.2 Å². The van der Waals surface area contributed by atoms with E-state index in [0.717, 1.165) is 6.42 Å². The number of carbonyl (C=O) groups excluding carboxylic acids is 1. The number of carbonyl (C=O) groups is 1. The lowest BCUT2D eigenvalue weighted by Crippen LogP contribution is -2.44. The molecule has 0 saturated carbocycles. The van der Waals surface area contributed by atoms with E-state index in [1.807, 2.05) is 22.6 Å². The van der Waals surface area contributed by atoms with Crippen molar-refractivity contribution in [1.29, 1.82) is 0 Å². The van der Waals surface area contributed by atoms with Crippen LogP contribution in [0.5, 0.6) is 0 Å². The van der Waals surface area contributed by atoms with Gasteiger partial charge in [0.2, 0.25) is 0 Å². The zero-order valence-corrected chi connectivity index (χ0v) is 12.2. The average Bonchev–Trinajstić information content (AvgIpc) is 2.32. The van der Waals surface area contributed by atoms with E-state index < -0.39 is 0 Å². The number of nitrogens with one attached hydrogen (secondary N) is 1. The summed E-state index contributed by atoms with van der Waals surface area (Å²) in [5.74, 6) is -0.158. The Balaban J connectivity index is 2.07. The molecule has 5 heteroatoms. The lowest BCUT2D eigenvalue weighted by atomic mass is 9.97. The maximum atomic E-state index is 13.0. The Morgan fingerprint density at radius 2 is 2.33 bits per heavy atom. The molecule has 1 heterocycles. The second-order valence-corrected chi connectivity index (χ2v) is 5.71. The normalized spacial score (nSPS) is 23.7. The molecule has 1 N–H and O–H groups in total. The van der Waals surface area contributed by atoms with Crippen LogP contribution in [0, 0.1) is 15.3 Å². The third kappa shape index (κ3) is 3.20. The second kappa shape index (κ2) is 5.97. The fraction of sp³-hybridized carbons (Fsp3) is 0.462. The maximum absolute atomic E-state index is 13.0. The molecule has 0 spiro atoms. The minimum absolute atomic E-state index is 0.132. The van der Waals surface area contributed by atoms with Crippen molar-refractivity contribution in [1.82, 2.24) is 5.32 Å². The maximum Gasteiger partial charge on any atom is 0.252 e. The first kappa shape index (κ1) is 13.7. The summed E-state index contributed by atoms with van der Waals surface area (Å²) in [5.41, 5.74) is 0.524. The Morgan fingerprint density at radius 1 is 1.56 bits per heavy atom. The van der Waals surface area contributed by atoms with Crippen molar-refractivity contribution in [3.05, 3.63) is 33.1 Å². The van der Waals surface area contributed by atoms with E-state index >= 15 is 0 Å². The van der Waals surface area contributed by atoms with Crippen LogP contribution in [0.25, 0.3) is 0 Å². The Kier molecular flexibility index (Phi) is 4.55. The molecule has 1 amide bonds. The lowest BCUT2D eigenvalue weighted by molar-refractivity contribution is 0.0375. The minimum atomic E-state index is -0.324. The number of rotatable bonds is 2. The quantitative estimate of drug-likeness (QED) is 0.821. The summed E-state index contributed by atoms with van der Waals surface area (Å²) in [6.45, 7) is 3.40. The van der Waals surface area contributed by atoms with Gasteiger partial charge in [0, 0.05) is 16.2 Å². The Hall–Kier alpha value is -0.690. The number of ether oxygens (including phenoxy) is 1. The monoisotopic (exact) mass is 363 g/mol. The number of hydrogen-bond acceptors (Lipinski definition) is 2. The van der Waals surface area contributed by atoms with Crippen molar-refractivity contribution >= 4 is 28.5 Å². The van der Waals surface area contributed by atoms with Gasteiger partial charge in [0.1, 0.15) is 5.82 Å². The molecule has 18 heavy (non-hydrogen) atoms. The molecule has 0 aromatic heterocycles. The summed E-state index contributed by atoms with van der Waals surface area (Å²) in [6.07, 6.45) is 0.824. The van der Waals surface area contributed by atoms with Crippen LogP contribution in [0.1, 0.15) is 23.7 Å². The fourth-order valence-electron chi connectivity index (χ4n) is 2.01. The molecule has 1 aliphatic rings. The van der Waals surface area contributed by atoms with E-state index in [0.29, 0.717) is 28.3 Å². The zero-order valence-electron chi connectivity index (χ0n) is 10.1. The van der Waals surface area contributed by atoms with Crippen LogP contribution in [0.2, 0.25) is 0 Å². The SMILES string of the molecule is CC1COCCC1NC(=O)c1ccc(F)cc1I. The number of amides is 1. The van der Waals surface area contributed by atoms with Gasteiger partial charge in [-0.2, -0.15) is 0 Å². The highest BCUT2D eigenvalue weighted by molar-refractivity contribution is 14.1. The second-order valence-electron chi connectivity index (χ2n) is 4.54. The van der Waals surface area contributed by atoms with Gasteiger partial charge in [-0.15, -0.1) is 0 Å². The number of benzene rings is 1. The summed E-state index contributed by atoms with van der Waals surface area (Å²) in [6, 6.07) is 4.33. The Bertz CT molecular complexity index is 453. The summed E-state index contributed by atoms with van der Waals surface area (Å²) < 4.78 is 18.9. The molecule has 2 atom stereocenters. The molecule has 1 aromatic carbocycles. The van der Waals surface area contributed by atoms with Gasteiger partial charge >= 0.3 is 0 Å². The first-order chi connectivity index (χ1) is 8.58. The smallest absolute Gasteiger partial charge is 0.252 e. The Morgan fingerprint density at radius 3 is 3.00 bits per heavy atom. The van der Waals surface area contributed by atoms with Crippen molar-refractivity contribution in [3.63, 3.8) is 0 Å². The lowest BCUT2D eigenvalue weighted by Gasteiger charge is -2.29. The topological polar surface area (TPSA) is 38.3 Å². The van der Waals surface area contributed by atoms with E-state index in [4.69, 9.17) is 4.74 Å². The molecular weight excluding hydrogens is 348 g/mol. The fourth-order valence-corrected chi connectivity index (χ4v) is 2.74. The number of halogens is 2. The molecule has 3 nitrogen and oxygen atoms in total. The highest BCUT2D eigenvalue weighted by Gasteiger charge is 2.24. The van der Waals surface area contributed by atoms with Gasteiger partial charge < -0.3 is 10.1 Å². The van der Waals surface area contributed by atoms with E-state index in [1.165, 1.54) is 18.2 Å². The Labute approximate surface area is 119 Å². The van der Waals surface area contributed by atoms with Gasteiger partial charge in [0.25, 0.3) is 5.91 Å². The van der Waals surface area contributed by atoms with Crippen molar-refractivity contribution in [2.24, 2.45) is 5.92 Å².